The van der Waals surface area contributed by atoms with Crippen molar-refractivity contribution in [3.63, 3.8) is 0 Å². The van der Waals surface area contributed by atoms with E-state index in [0.29, 0.717) is 6.42 Å². The maximum absolute atomic E-state index is 11.7. The highest BCUT2D eigenvalue weighted by Gasteiger charge is 2.33. The molecule has 0 heterocycles. The van der Waals surface area contributed by atoms with Gasteiger partial charge in [-0.05, 0) is 24.5 Å². The molecule has 0 spiro atoms. The molecule has 0 saturated heterocycles. The van der Waals surface area contributed by atoms with Crippen LogP contribution < -0.4 is 0 Å². The van der Waals surface area contributed by atoms with E-state index in [0.717, 1.165) is 11.1 Å². The van der Waals surface area contributed by atoms with E-state index in [2.05, 4.69) is 0 Å². The van der Waals surface area contributed by atoms with Crippen molar-refractivity contribution in [2.45, 2.75) is 18.1 Å². The molecular formula is C14H16O2S. The molecule has 1 aromatic carbocycles. The van der Waals surface area contributed by atoms with Gasteiger partial charge in [0.25, 0.3) is 0 Å². The van der Waals surface area contributed by atoms with Gasteiger partial charge in [-0.1, -0.05) is 48.6 Å². The zero-order chi connectivity index (χ0) is 12.5. The lowest BCUT2D eigenvalue weighted by Gasteiger charge is -2.26. The fraction of sp³-hybridized carbons (Fsp3) is 0.286. The first-order chi connectivity index (χ1) is 7.92. The second-order valence-electron chi connectivity index (χ2n) is 4.65. The highest BCUT2D eigenvalue weighted by Crippen LogP contribution is 2.31. The van der Waals surface area contributed by atoms with Crippen LogP contribution in [0.4, 0.5) is 0 Å². The molecule has 0 amide bonds. The Morgan fingerprint density at radius 3 is 2.29 bits per heavy atom. The Labute approximate surface area is 103 Å². The summed E-state index contributed by atoms with van der Waals surface area (Å²) >= 11 is 0. The van der Waals surface area contributed by atoms with Crippen LogP contribution in [0.5, 0.6) is 0 Å². The van der Waals surface area contributed by atoms with Crippen LogP contribution in [0.15, 0.2) is 48.6 Å². The summed E-state index contributed by atoms with van der Waals surface area (Å²) in [5, 5.41) is 0. The molecule has 0 saturated carbocycles. The number of rotatable bonds is 2. The maximum Gasteiger partial charge on any atom is 0.156 e. The summed E-state index contributed by atoms with van der Waals surface area (Å²) in [5.74, 6) is 0. The third kappa shape index (κ3) is 2.34. The number of hydrogen-bond donors (Lipinski definition) is 0. The van der Waals surface area contributed by atoms with Crippen molar-refractivity contribution in [2.75, 3.05) is 6.26 Å². The van der Waals surface area contributed by atoms with E-state index in [4.69, 9.17) is 0 Å². The van der Waals surface area contributed by atoms with E-state index < -0.39 is 14.6 Å². The molecule has 90 valence electrons. The van der Waals surface area contributed by atoms with Crippen molar-refractivity contribution in [3.8, 4) is 0 Å². The average molecular weight is 248 g/mol. The third-order valence-electron chi connectivity index (χ3n) is 3.30. The summed E-state index contributed by atoms with van der Waals surface area (Å²) in [6.45, 7) is 1.76. The molecule has 0 radical (unpaired) electrons. The lowest BCUT2D eigenvalue weighted by Crippen LogP contribution is -2.32. The molecule has 0 N–H and O–H groups in total. The Hall–Kier alpha value is -1.35. The van der Waals surface area contributed by atoms with Crippen LogP contribution in [0.3, 0.4) is 0 Å². The number of benzene rings is 1. The van der Waals surface area contributed by atoms with Gasteiger partial charge in [0, 0.05) is 6.26 Å². The van der Waals surface area contributed by atoms with Crippen molar-refractivity contribution < 1.29 is 8.42 Å². The molecule has 1 aliphatic carbocycles. The van der Waals surface area contributed by atoms with Crippen LogP contribution in [-0.2, 0) is 9.84 Å². The molecule has 1 aliphatic rings. The Morgan fingerprint density at radius 2 is 1.82 bits per heavy atom. The van der Waals surface area contributed by atoms with Crippen LogP contribution in [0.2, 0.25) is 0 Å². The maximum atomic E-state index is 11.7. The van der Waals surface area contributed by atoms with Crippen molar-refractivity contribution in [1.82, 2.24) is 0 Å². The van der Waals surface area contributed by atoms with Gasteiger partial charge in [0.2, 0.25) is 0 Å². The first kappa shape index (κ1) is 12.1. The molecule has 1 aromatic rings. The van der Waals surface area contributed by atoms with Crippen molar-refractivity contribution in [2.24, 2.45) is 0 Å². The average Bonchev–Trinajstić information content (AvgIpc) is 2.30. The van der Waals surface area contributed by atoms with E-state index in [1.54, 1.807) is 13.0 Å². The van der Waals surface area contributed by atoms with E-state index in [1.165, 1.54) is 6.26 Å². The Balaban J connectivity index is 2.29. The van der Waals surface area contributed by atoms with Gasteiger partial charge in [-0.25, -0.2) is 8.42 Å². The zero-order valence-electron chi connectivity index (χ0n) is 10.1. The van der Waals surface area contributed by atoms with Gasteiger partial charge >= 0.3 is 0 Å². The van der Waals surface area contributed by atoms with Gasteiger partial charge in [0.1, 0.15) is 0 Å². The summed E-state index contributed by atoms with van der Waals surface area (Å²) in [5.41, 5.74) is 2.21. The smallest absolute Gasteiger partial charge is 0.156 e. The molecule has 0 aromatic heterocycles. The van der Waals surface area contributed by atoms with Crippen LogP contribution in [0, 0.1) is 0 Å². The second-order valence-corrected chi connectivity index (χ2v) is 7.12. The molecule has 1 unspecified atom stereocenters. The fourth-order valence-corrected chi connectivity index (χ4v) is 2.54. The molecule has 2 rings (SSSR count). The minimum absolute atomic E-state index is 0.534. The van der Waals surface area contributed by atoms with Crippen LogP contribution in [-0.4, -0.2) is 19.4 Å². The Kier molecular flexibility index (Phi) is 2.96. The fourth-order valence-electron chi connectivity index (χ4n) is 1.83. The number of allylic oxidation sites excluding steroid dienone is 3. The van der Waals surface area contributed by atoms with E-state index in [-0.39, 0.29) is 0 Å². The summed E-state index contributed by atoms with van der Waals surface area (Å²) in [6.07, 6.45) is 7.52. The lowest BCUT2D eigenvalue weighted by molar-refractivity contribution is 0.569. The summed E-state index contributed by atoms with van der Waals surface area (Å²) in [4.78, 5) is 0. The Bertz CT molecular complexity index is 567. The van der Waals surface area contributed by atoms with Crippen LogP contribution >= 0.6 is 0 Å². The monoisotopic (exact) mass is 248 g/mol. The van der Waals surface area contributed by atoms with Crippen LogP contribution in [0.25, 0.3) is 5.57 Å². The van der Waals surface area contributed by atoms with Gasteiger partial charge in [0.15, 0.2) is 9.84 Å². The number of hydrogen-bond acceptors (Lipinski definition) is 2. The molecule has 17 heavy (non-hydrogen) atoms. The topological polar surface area (TPSA) is 34.1 Å². The van der Waals surface area contributed by atoms with Crippen molar-refractivity contribution in [3.05, 3.63) is 54.1 Å². The SMILES string of the molecule is CC1(S(C)(=O)=O)C=CC(c2ccccc2)=CC1. The van der Waals surface area contributed by atoms with E-state index >= 15 is 0 Å². The lowest BCUT2D eigenvalue weighted by atomic mass is 9.93. The largest absolute Gasteiger partial charge is 0.228 e. The zero-order valence-corrected chi connectivity index (χ0v) is 10.9. The molecule has 0 bridgehead atoms. The van der Waals surface area contributed by atoms with Crippen molar-refractivity contribution >= 4 is 15.4 Å². The molecular weight excluding hydrogens is 232 g/mol. The molecule has 0 fully saturated rings. The highest BCUT2D eigenvalue weighted by atomic mass is 32.2. The minimum atomic E-state index is -3.06. The quantitative estimate of drug-likeness (QED) is 0.806. The van der Waals surface area contributed by atoms with Gasteiger partial charge in [-0.15, -0.1) is 0 Å². The first-order valence-electron chi connectivity index (χ1n) is 5.57. The molecule has 1 atom stereocenters. The van der Waals surface area contributed by atoms with Gasteiger partial charge in [-0.2, -0.15) is 0 Å². The summed E-state index contributed by atoms with van der Waals surface area (Å²) in [7, 11) is -3.06. The second kappa shape index (κ2) is 4.15. The van der Waals surface area contributed by atoms with Crippen molar-refractivity contribution in [1.29, 1.82) is 0 Å². The predicted octanol–water partition coefficient (Wildman–Crippen LogP) is 2.83. The first-order valence-corrected chi connectivity index (χ1v) is 7.46. The predicted molar refractivity (Wildman–Crippen MR) is 71.4 cm³/mol. The highest BCUT2D eigenvalue weighted by molar-refractivity contribution is 7.92. The van der Waals surface area contributed by atoms with E-state index in [9.17, 15) is 8.42 Å². The molecule has 0 aliphatic heterocycles. The summed E-state index contributed by atoms with van der Waals surface area (Å²) in [6, 6.07) is 9.98. The van der Waals surface area contributed by atoms with E-state index in [1.807, 2.05) is 42.5 Å². The van der Waals surface area contributed by atoms with Gasteiger partial charge in [-0.3, -0.25) is 0 Å². The van der Waals surface area contributed by atoms with Gasteiger partial charge < -0.3 is 0 Å². The molecule has 2 nitrogen and oxygen atoms in total. The normalized spacial score (nSPS) is 24.5. The van der Waals surface area contributed by atoms with Crippen LogP contribution in [0.1, 0.15) is 18.9 Å². The minimum Gasteiger partial charge on any atom is -0.228 e. The molecule has 3 heteroatoms. The van der Waals surface area contributed by atoms with Gasteiger partial charge in [0.05, 0.1) is 4.75 Å². The third-order valence-corrected chi connectivity index (χ3v) is 5.29. The Morgan fingerprint density at radius 1 is 1.18 bits per heavy atom. The summed E-state index contributed by atoms with van der Waals surface area (Å²) < 4.78 is 22.6. The standard InChI is InChI=1S/C14H16O2S/c1-14(17(2,15)16)10-8-13(9-11-14)12-6-4-3-5-7-12/h3-10H,11H2,1-2H3. The number of sulfone groups is 1.